The van der Waals surface area contributed by atoms with Crippen LogP contribution in [0.1, 0.15) is 65.4 Å². The van der Waals surface area contributed by atoms with Gasteiger partial charge in [0.2, 0.25) is 0 Å². The van der Waals surface area contributed by atoms with E-state index in [9.17, 15) is 13.2 Å². The van der Waals surface area contributed by atoms with Crippen LogP contribution in [0.4, 0.5) is 13.2 Å². The van der Waals surface area contributed by atoms with E-state index in [2.05, 4.69) is 0 Å². The molecule has 0 radical (unpaired) electrons. The topological polar surface area (TPSA) is 18.5 Å². The summed E-state index contributed by atoms with van der Waals surface area (Å²) >= 11 is 0. The first kappa shape index (κ1) is 19.3. The molecule has 2 aliphatic rings. The largest absolute Gasteiger partial charge is 0.494 e. The summed E-state index contributed by atoms with van der Waals surface area (Å²) in [6.07, 6.45) is 3.18. The van der Waals surface area contributed by atoms with Crippen LogP contribution in [0.25, 0.3) is 0 Å². The molecule has 1 aliphatic heterocycles. The fourth-order valence-corrected chi connectivity index (χ4v) is 2.69. The Morgan fingerprint density at radius 2 is 1.17 bits per heavy atom. The minimum atomic E-state index is -4.32. The van der Waals surface area contributed by atoms with Crippen molar-refractivity contribution in [3.8, 4) is 0 Å². The molecule has 134 valence electrons. The van der Waals surface area contributed by atoms with E-state index >= 15 is 0 Å². The Hall–Kier alpha value is -1.01. The third-order valence-electron chi connectivity index (χ3n) is 5.01. The minimum Gasteiger partial charge on any atom is -0.399 e. The van der Waals surface area contributed by atoms with Crippen molar-refractivity contribution in [1.82, 2.24) is 0 Å². The van der Waals surface area contributed by atoms with E-state index in [0.29, 0.717) is 5.46 Å². The summed E-state index contributed by atoms with van der Waals surface area (Å²) in [6.45, 7) is 7.60. The zero-order valence-corrected chi connectivity index (χ0v) is 14.9. The number of hydrogen-bond donors (Lipinski definition) is 0. The number of hydrogen-bond acceptors (Lipinski definition) is 2. The van der Waals surface area contributed by atoms with Gasteiger partial charge in [-0.25, -0.2) is 0 Å². The molecule has 1 aromatic rings. The predicted molar refractivity (Wildman–Crippen MR) is 90.2 cm³/mol. The van der Waals surface area contributed by atoms with Crippen LogP contribution in [0, 0.1) is 0 Å². The van der Waals surface area contributed by atoms with Gasteiger partial charge in [-0.2, -0.15) is 13.2 Å². The molecule has 0 amide bonds. The van der Waals surface area contributed by atoms with Crippen LogP contribution in [0.5, 0.6) is 0 Å². The number of benzene rings is 1. The summed E-state index contributed by atoms with van der Waals surface area (Å²) in [7, 11) is -0.632. The second-order valence-electron chi connectivity index (χ2n) is 7.48. The van der Waals surface area contributed by atoms with Gasteiger partial charge in [0.15, 0.2) is 0 Å². The molecule has 1 aromatic carbocycles. The molecular weight excluding hydrogens is 316 g/mol. The molecule has 2 nitrogen and oxygen atoms in total. The first-order chi connectivity index (χ1) is 11.0. The van der Waals surface area contributed by atoms with E-state index in [4.69, 9.17) is 9.31 Å². The molecule has 24 heavy (non-hydrogen) atoms. The highest BCUT2D eigenvalue weighted by atomic mass is 19.4. The monoisotopic (exact) mass is 342 g/mol. The molecule has 1 saturated heterocycles. The normalized spacial score (nSPS) is 22.2. The Bertz CT molecular complexity index is 511. The van der Waals surface area contributed by atoms with Crippen LogP contribution < -0.4 is 5.46 Å². The molecule has 1 aliphatic carbocycles. The highest BCUT2D eigenvalue weighted by Gasteiger charge is 2.51. The highest BCUT2D eigenvalue weighted by molar-refractivity contribution is 6.62. The summed E-state index contributed by atoms with van der Waals surface area (Å²) in [6, 6.07) is 4.87. The van der Waals surface area contributed by atoms with E-state index in [1.807, 2.05) is 27.7 Å². The zero-order chi connectivity index (χ0) is 18.0. The van der Waals surface area contributed by atoms with E-state index in [1.165, 1.54) is 44.2 Å². The van der Waals surface area contributed by atoms with Crippen LogP contribution in [0.2, 0.25) is 0 Å². The van der Waals surface area contributed by atoms with Gasteiger partial charge >= 0.3 is 13.3 Å². The van der Waals surface area contributed by atoms with Gasteiger partial charge in [0, 0.05) is 0 Å². The first-order valence-corrected chi connectivity index (χ1v) is 8.56. The summed E-state index contributed by atoms with van der Waals surface area (Å²) in [5.74, 6) is 0. The van der Waals surface area contributed by atoms with Crippen LogP contribution in [0.3, 0.4) is 0 Å². The number of alkyl halides is 3. The van der Waals surface area contributed by atoms with Crippen molar-refractivity contribution in [3.63, 3.8) is 0 Å². The van der Waals surface area contributed by atoms with Gasteiger partial charge in [-0.1, -0.05) is 56.4 Å². The molecule has 0 atom stereocenters. The molecule has 6 heteroatoms. The highest BCUT2D eigenvalue weighted by Crippen LogP contribution is 2.36. The Morgan fingerprint density at radius 1 is 0.792 bits per heavy atom. The molecule has 0 bridgehead atoms. The fraction of sp³-hybridized carbons (Fsp3) is 0.667. The lowest BCUT2D eigenvalue weighted by atomic mass is 9.79. The SMILES string of the molecule is C1CCCC1.CC1(C)OB(c2ccc(C(F)(F)F)cc2)OC1(C)C. The Labute approximate surface area is 142 Å². The number of rotatable bonds is 1. The lowest BCUT2D eigenvalue weighted by Gasteiger charge is -2.32. The van der Waals surface area contributed by atoms with E-state index in [0.717, 1.165) is 12.1 Å². The number of halogens is 3. The molecule has 0 spiro atoms. The standard InChI is InChI=1S/C13H16BF3O2.C5H10/c1-11(2)12(3,4)19-14(18-11)10-7-5-9(6-8-10)13(15,16)17;1-2-4-5-3-1/h5-8H,1-4H3;1-5H2. The van der Waals surface area contributed by atoms with E-state index < -0.39 is 30.1 Å². The molecule has 0 unspecified atom stereocenters. The predicted octanol–water partition coefficient (Wildman–Crippen LogP) is 4.96. The summed E-state index contributed by atoms with van der Waals surface area (Å²) in [4.78, 5) is 0. The van der Waals surface area contributed by atoms with Crippen molar-refractivity contribution >= 4 is 12.6 Å². The average molecular weight is 342 g/mol. The van der Waals surface area contributed by atoms with Gasteiger partial charge in [-0.3, -0.25) is 0 Å². The summed E-state index contributed by atoms with van der Waals surface area (Å²) in [5.41, 5.74) is -1.08. The van der Waals surface area contributed by atoms with Crippen molar-refractivity contribution < 1.29 is 22.5 Å². The van der Waals surface area contributed by atoms with Crippen molar-refractivity contribution in [3.05, 3.63) is 29.8 Å². The van der Waals surface area contributed by atoms with Crippen LogP contribution in [-0.4, -0.2) is 18.3 Å². The quantitative estimate of drug-likeness (QED) is 0.672. The molecule has 0 N–H and O–H groups in total. The van der Waals surface area contributed by atoms with E-state index in [1.54, 1.807) is 0 Å². The van der Waals surface area contributed by atoms with Crippen LogP contribution in [0.15, 0.2) is 24.3 Å². The molecule has 3 rings (SSSR count). The first-order valence-electron chi connectivity index (χ1n) is 8.56. The summed E-state index contributed by atoms with van der Waals surface area (Å²) in [5, 5.41) is 0. The molecule has 1 heterocycles. The molecule has 0 aromatic heterocycles. The Balaban J connectivity index is 0.000000355. The average Bonchev–Trinajstić information content (AvgIpc) is 3.10. The fourth-order valence-electron chi connectivity index (χ4n) is 2.69. The van der Waals surface area contributed by atoms with Crippen LogP contribution in [-0.2, 0) is 15.5 Å². The zero-order valence-electron chi connectivity index (χ0n) is 14.9. The van der Waals surface area contributed by atoms with Gasteiger partial charge in [0.25, 0.3) is 0 Å². The van der Waals surface area contributed by atoms with E-state index in [-0.39, 0.29) is 0 Å². The maximum absolute atomic E-state index is 12.5. The second-order valence-corrected chi connectivity index (χ2v) is 7.48. The molecule has 2 fully saturated rings. The molecular formula is C18H26BF3O2. The van der Waals surface area contributed by atoms with Crippen molar-refractivity contribution in [1.29, 1.82) is 0 Å². The van der Waals surface area contributed by atoms with Gasteiger partial charge < -0.3 is 9.31 Å². The van der Waals surface area contributed by atoms with Crippen molar-refractivity contribution in [2.45, 2.75) is 77.2 Å². The van der Waals surface area contributed by atoms with Crippen molar-refractivity contribution in [2.24, 2.45) is 0 Å². The molecule has 1 saturated carbocycles. The lowest BCUT2D eigenvalue weighted by Crippen LogP contribution is -2.41. The smallest absolute Gasteiger partial charge is 0.399 e. The van der Waals surface area contributed by atoms with Gasteiger partial charge in [0.05, 0.1) is 16.8 Å². The third kappa shape index (κ3) is 4.54. The van der Waals surface area contributed by atoms with Gasteiger partial charge in [-0.15, -0.1) is 0 Å². The third-order valence-corrected chi connectivity index (χ3v) is 5.01. The maximum Gasteiger partial charge on any atom is 0.494 e. The Kier molecular flexibility index (Phi) is 5.70. The Morgan fingerprint density at radius 3 is 1.50 bits per heavy atom. The minimum absolute atomic E-state index is 0.500. The maximum atomic E-state index is 12.5. The lowest BCUT2D eigenvalue weighted by molar-refractivity contribution is -0.137. The van der Waals surface area contributed by atoms with Gasteiger partial charge in [-0.05, 0) is 33.2 Å². The summed E-state index contributed by atoms with van der Waals surface area (Å²) < 4.78 is 49.0. The second kappa shape index (κ2) is 7.08. The van der Waals surface area contributed by atoms with Crippen molar-refractivity contribution in [2.75, 3.05) is 0 Å². The van der Waals surface area contributed by atoms with Gasteiger partial charge in [0.1, 0.15) is 0 Å². The van der Waals surface area contributed by atoms with Crippen LogP contribution >= 0.6 is 0 Å².